The second-order valence-electron chi connectivity index (χ2n) is 12.0. The van der Waals surface area contributed by atoms with E-state index in [0.29, 0.717) is 50.0 Å². The molecule has 45 heavy (non-hydrogen) atoms. The lowest BCUT2D eigenvalue weighted by Crippen LogP contribution is -2.35. The molecule has 2 aromatic carbocycles. The molecule has 3 saturated heterocycles. The highest BCUT2D eigenvalue weighted by Gasteiger charge is 2.27. The number of aromatic nitrogens is 3. The Morgan fingerprint density at radius 3 is 2.56 bits per heavy atom. The third-order valence-electron chi connectivity index (χ3n) is 9.17. The van der Waals surface area contributed by atoms with Crippen LogP contribution in [0.25, 0.3) is 11.0 Å². The van der Waals surface area contributed by atoms with Gasteiger partial charge in [-0.1, -0.05) is 18.2 Å². The first kappa shape index (κ1) is 29.8. The van der Waals surface area contributed by atoms with Gasteiger partial charge in [-0.3, -0.25) is 9.69 Å². The first-order valence-electron chi connectivity index (χ1n) is 15.6. The molecule has 0 amide bonds. The van der Waals surface area contributed by atoms with Gasteiger partial charge in [-0.15, -0.1) is 0 Å². The SMILES string of the molecule is O=COc1ccc2nc(CN3CCC(c4cccc(OCc5ccc(C6COC6)cc5C(F)F)n4)CC3)n(CC3CCO3)c2c1. The molecule has 0 spiro atoms. The van der Waals surface area contributed by atoms with Gasteiger partial charge in [-0.25, -0.2) is 18.7 Å². The summed E-state index contributed by atoms with van der Waals surface area (Å²) in [7, 11) is 0. The Morgan fingerprint density at radius 2 is 1.84 bits per heavy atom. The highest BCUT2D eigenvalue weighted by Crippen LogP contribution is 2.33. The fraction of sp³-hybridized carbons (Fsp3) is 0.441. The Balaban J connectivity index is 0.987. The summed E-state index contributed by atoms with van der Waals surface area (Å²) in [5.41, 5.74) is 4.11. The van der Waals surface area contributed by atoms with E-state index < -0.39 is 6.43 Å². The smallest absolute Gasteiger partial charge is 0.298 e. The van der Waals surface area contributed by atoms with Crippen molar-refractivity contribution in [2.75, 3.05) is 32.9 Å². The molecule has 0 bridgehead atoms. The fourth-order valence-electron chi connectivity index (χ4n) is 6.35. The van der Waals surface area contributed by atoms with E-state index in [1.165, 1.54) is 0 Å². The standard InChI is InChI=1S/C34H36F2N4O5/c35-34(36)28-14-23(25-18-42-19-25)4-5-24(28)20-44-33-3-1-2-29(38-33)22-8-11-39(12-9-22)17-32-37-30-7-6-26(45-21-41)15-31(30)40(32)16-27-10-13-43-27/h1-7,14-15,21-22,25,27,34H,8-13,16-20H2. The van der Waals surface area contributed by atoms with Crippen LogP contribution in [0, 0.1) is 0 Å². The normalized spacial score (nSPS) is 19.4. The van der Waals surface area contributed by atoms with Gasteiger partial charge in [0.25, 0.3) is 12.9 Å². The van der Waals surface area contributed by atoms with Gasteiger partial charge in [0, 0.05) is 41.8 Å². The molecule has 5 heterocycles. The van der Waals surface area contributed by atoms with Gasteiger partial charge in [0.1, 0.15) is 18.2 Å². The maximum Gasteiger partial charge on any atom is 0.298 e. The van der Waals surface area contributed by atoms with Gasteiger partial charge < -0.3 is 23.5 Å². The molecule has 3 fully saturated rings. The molecule has 2 aromatic heterocycles. The molecule has 1 unspecified atom stereocenters. The van der Waals surface area contributed by atoms with Gasteiger partial charge in [0.2, 0.25) is 5.88 Å². The Morgan fingerprint density at radius 1 is 1.00 bits per heavy atom. The number of benzene rings is 2. The number of ether oxygens (including phenoxy) is 4. The van der Waals surface area contributed by atoms with E-state index in [1.54, 1.807) is 24.3 Å². The van der Waals surface area contributed by atoms with Crippen LogP contribution in [0.1, 0.15) is 65.7 Å². The molecule has 0 radical (unpaired) electrons. The average Bonchev–Trinajstić information content (AvgIpc) is 3.33. The quantitative estimate of drug-likeness (QED) is 0.185. The van der Waals surface area contributed by atoms with E-state index >= 15 is 0 Å². The maximum atomic E-state index is 13.9. The van der Waals surface area contributed by atoms with E-state index in [-0.39, 0.29) is 30.1 Å². The number of likely N-dealkylation sites (tertiary alicyclic amines) is 1. The number of carbonyl (C=O) groups is 1. The van der Waals surface area contributed by atoms with Gasteiger partial charge in [-0.05, 0) is 67.7 Å². The Bertz CT molecular complexity index is 1650. The maximum absolute atomic E-state index is 13.9. The number of nitrogens with zero attached hydrogens (tertiary/aromatic N) is 4. The molecule has 1 atom stereocenters. The first-order valence-corrected chi connectivity index (χ1v) is 15.6. The number of pyridine rings is 1. The molecule has 4 aromatic rings. The van der Waals surface area contributed by atoms with Gasteiger partial charge >= 0.3 is 0 Å². The van der Waals surface area contributed by atoms with Crippen molar-refractivity contribution in [3.8, 4) is 11.6 Å². The minimum atomic E-state index is -2.58. The first-order chi connectivity index (χ1) is 22.0. The van der Waals surface area contributed by atoms with E-state index in [2.05, 4.69) is 9.47 Å². The molecular weight excluding hydrogens is 582 g/mol. The number of imidazole rings is 1. The van der Waals surface area contributed by atoms with E-state index in [1.807, 2.05) is 30.3 Å². The molecule has 7 rings (SSSR count). The summed E-state index contributed by atoms with van der Waals surface area (Å²) >= 11 is 0. The third-order valence-corrected chi connectivity index (χ3v) is 9.17. The van der Waals surface area contributed by atoms with Crippen LogP contribution in [0.2, 0.25) is 0 Å². The molecule has 236 valence electrons. The van der Waals surface area contributed by atoms with Gasteiger partial charge in [0.05, 0.1) is 43.4 Å². The number of piperidine rings is 1. The van der Waals surface area contributed by atoms with E-state index in [4.69, 9.17) is 28.9 Å². The topological polar surface area (TPSA) is 87.9 Å². The van der Waals surface area contributed by atoms with Crippen molar-refractivity contribution in [1.82, 2.24) is 19.4 Å². The molecular formula is C34H36F2N4O5. The van der Waals surface area contributed by atoms with Crippen LogP contribution < -0.4 is 9.47 Å². The summed E-state index contributed by atoms with van der Waals surface area (Å²) in [6.45, 7) is 5.58. The van der Waals surface area contributed by atoms with Crippen LogP contribution in [0.3, 0.4) is 0 Å². The molecule has 3 aliphatic heterocycles. The van der Waals surface area contributed by atoms with Crippen molar-refractivity contribution >= 4 is 17.5 Å². The molecule has 0 saturated carbocycles. The van der Waals surface area contributed by atoms with Crippen LogP contribution >= 0.6 is 0 Å². The summed E-state index contributed by atoms with van der Waals surface area (Å²) < 4.78 is 51.9. The van der Waals surface area contributed by atoms with Crippen molar-refractivity contribution in [2.45, 2.75) is 63.3 Å². The lowest BCUT2D eigenvalue weighted by atomic mass is 9.93. The second kappa shape index (κ2) is 13.2. The lowest BCUT2D eigenvalue weighted by Gasteiger charge is -2.32. The van der Waals surface area contributed by atoms with Crippen molar-refractivity contribution in [2.24, 2.45) is 0 Å². The molecule has 0 N–H and O–H groups in total. The van der Waals surface area contributed by atoms with Crippen LogP contribution in [0.5, 0.6) is 11.6 Å². The number of rotatable bonds is 12. The molecule has 0 aliphatic carbocycles. The zero-order chi connectivity index (χ0) is 30.8. The van der Waals surface area contributed by atoms with E-state index in [9.17, 15) is 13.6 Å². The minimum Gasteiger partial charge on any atom is -0.473 e. The summed E-state index contributed by atoms with van der Waals surface area (Å²) in [5, 5.41) is 0. The zero-order valence-electron chi connectivity index (χ0n) is 24.9. The average molecular weight is 619 g/mol. The largest absolute Gasteiger partial charge is 0.473 e. The van der Waals surface area contributed by atoms with Gasteiger partial charge in [-0.2, -0.15) is 0 Å². The number of hydrogen-bond donors (Lipinski definition) is 0. The number of halogens is 2. The van der Waals surface area contributed by atoms with Crippen molar-refractivity contribution in [3.63, 3.8) is 0 Å². The molecule has 11 heteroatoms. The Kier molecular flexibility index (Phi) is 8.73. The van der Waals surface area contributed by atoms with Crippen LogP contribution in [0.4, 0.5) is 8.78 Å². The van der Waals surface area contributed by atoms with Gasteiger partial charge in [0.15, 0.2) is 0 Å². The molecule has 3 aliphatic rings. The van der Waals surface area contributed by atoms with Crippen molar-refractivity contribution in [1.29, 1.82) is 0 Å². The van der Waals surface area contributed by atoms with Crippen LogP contribution in [-0.2, 0) is 34.0 Å². The number of hydrogen-bond acceptors (Lipinski definition) is 8. The third kappa shape index (κ3) is 6.56. The highest BCUT2D eigenvalue weighted by molar-refractivity contribution is 5.78. The summed E-state index contributed by atoms with van der Waals surface area (Å²) in [6, 6.07) is 16.4. The van der Waals surface area contributed by atoms with Crippen LogP contribution in [-0.4, -0.2) is 64.9 Å². The number of alkyl halides is 2. The summed E-state index contributed by atoms with van der Waals surface area (Å²) in [6.07, 6.45) is 0.460. The van der Waals surface area contributed by atoms with Crippen molar-refractivity contribution in [3.05, 3.63) is 82.8 Å². The predicted molar refractivity (Wildman–Crippen MR) is 162 cm³/mol. The second-order valence-corrected chi connectivity index (χ2v) is 12.0. The summed E-state index contributed by atoms with van der Waals surface area (Å²) in [4.78, 5) is 23.0. The monoisotopic (exact) mass is 618 g/mol. The van der Waals surface area contributed by atoms with E-state index in [0.717, 1.165) is 67.1 Å². The van der Waals surface area contributed by atoms with Crippen molar-refractivity contribution < 1.29 is 32.5 Å². The minimum absolute atomic E-state index is 0.00593. The Labute approximate surface area is 260 Å². The Hall–Kier alpha value is -3.93. The summed E-state index contributed by atoms with van der Waals surface area (Å²) in [5.74, 6) is 2.36. The molecule has 9 nitrogen and oxygen atoms in total. The highest BCUT2D eigenvalue weighted by atomic mass is 19.3. The number of fused-ring (bicyclic) bond motifs is 1. The zero-order valence-corrected chi connectivity index (χ0v) is 24.9. The number of carbonyl (C=O) groups excluding carboxylic acids is 1. The lowest BCUT2D eigenvalue weighted by molar-refractivity contribution is -0.120. The predicted octanol–water partition coefficient (Wildman–Crippen LogP) is 5.77. The van der Waals surface area contributed by atoms with Crippen LogP contribution in [0.15, 0.2) is 54.6 Å². The fourth-order valence-corrected chi connectivity index (χ4v) is 6.35.